The molecule has 2 aliphatic rings. The fraction of sp³-hybridized carbons (Fsp3) is 0.536. The zero-order chi connectivity index (χ0) is 28.4. The Bertz CT molecular complexity index is 1320. The Hall–Kier alpha value is -3.83. The Labute approximate surface area is 231 Å². The zero-order valence-electron chi connectivity index (χ0n) is 22.8. The van der Waals surface area contributed by atoms with E-state index in [0.29, 0.717) is 28.8 Å². The van der Waals surface area contributed by atoms with Crippen molar-refractivity contribution in [2.45, 2.75) is 70.5 Å². The van der Waals surface area contributed by atoms with E-state index in [-0.39, 0.29) is 29.7 Å². The van der Waals surface area contributed by atoms with Crippen LogP contribution in [0.15, 0.2) is 43.0 Å². The lowest BCUT2D eigenvalue weighted by Crippen LogP contribution is -2.50. The van der Waals surface area contributed by atoms with Crippen LogP contribution in [-0.4, -0.2) is 55.9 Å². The molecule has 10 nitrogen and oxygen atoms in total. The number of hydrogen-bond donors (Lipinski definition) is 2. The van der Waals surface area contributed by atoms with E-state index in [1.54, 1.807) is 29.1 Å². The molecule has 12 heteroatoms. The van der Waals surface area contributed by atoms with Gasteiger partial charge >= 0.3 is 0 Å². The maximum atomic E-state index is 13.7. The van der Waals surface area contributed by atoms with Crippen molar-refractivity contribution in [3.05, 3.63) is 54.2 Å². The summed E-state index contributed by atoms with van der Waals surface area (Å²) in [7, 11) is 1.43. The highest BCUT2D eigenvalue weighted by molar-refractivity contribution is 6.00. The molecule has 0 aliphatic heterocycles. The Morgan fingerprint density at radius 1 is 1.10 bits per heavy atom. The molecule has 3 aromatic rings. The molecule has 2 N–H and O–H groups in total. The summed E-state index contributed by atoms with van der Waals surface area (Å²) < 4.78 is 35.4. The maximum Gasteiger partial charge on any atom is 0.270 e. The molecule has 0 spiro atoms. The van der Waals surface area contributed by atoms with Gasteiger partial charge in [-0.05, 0) is 75.5 Å². The van der Waals surface area contributed by atoms with Crippen LogP contribution in [0.25, 0.3) is 0 Å². The fourth-order valence-corrected chi connectivity index (χ4v) is 5.52. The molecular formula is C28H35F2N7O3. The molecule has 2 amide bonds. The Morgan fingerprint density at radius 2 is 1.82 bits per heavy atom. The minimum atomic E-state index is -2.60. The second-order valence-electron chi connectivity index (χ2n) is 10.9. The maximum absolute atomic E-state index is 13.7. The quantitative estimate of drug-likeness (QED) is 0.321. The Kier molecular flexibility index (Phi) is 8.13. The van der Waals surface area contributed by atoms with Crippen LogP contribution in [0, 0.1) is 17.8 Å². The first-order valence-electron chi connectivity index (χ1n) is 13.7. The van der Waals surface area contributed by atoms with Crippen molar-refractivity contribution in [3.8, 4) is 5.88 Å². The molecule has 0 aromatic carbocycles. The molecule has 2 saturated carbocycles. The predicted molar refractivity (Wildman–Crippen MR) is 143 cm³/mol. The van der Waals surface area contributed by atoms with Crippen molar-refractivity contribution in [1.29, 1.82) is 0 Å². The third kappa shape index (κ3) is 6.15. The van der Waals surface area contributed by atoms with E-state index in [4.69, 9.17) is 4.74 Å². The average Bonchev–Trinajstić information content (AvgIpc) is 3.85. The Morgan fingerprint density at radius 3 is 2.45 bits per heavy atom. The number of nitrogens with zero attached hydrogens (tertiary/aromatic N) is 5. The highest BCUT2D eigenvalue weighted by atomic mass is 19.3. The van der Waals surface area contributed by atoms with Crippen LogP contribution in [0.5, 0.6) is 5.88 Å². The lowest BCUT2D eigenvalue weighted by molar-refractivity contribution is -0.119. The molecule has 214 valence electrons. The second kappa shape index (κ2) is 11.7. The largest absolute Gasteiger partial charge is 0.481 e. The van der Waals surface area contributed by atoms with Crippen molar-refractivity contribution in [2.24, 2.45) is 17.8 Å². The average molecular weight is 556 g/mol. The van der Waals surface area contributed by atoms with Gasteiger partial charge in [0.25, 0.3) is 5.91 Å². The van der Waals surface area contributed by atoms with Crippen molar-refractivity contribution in [2.75, 3.05) is 12.4 Å². The molecule has 2 fully saturated rings. The number of ether oxygens (including phenoxy) is 1. The summed E-state index contributed by atoms with van der Waals surface area (Å²) in [6.07, 6.45) is 7.06. The van der Waals surface area contributed by atoms with E-state index in [1.165, 1.54) is 30.4 Å². The number of hydrogen-bond acceptors (Lipinski definition) is 6. The zero-order valence-corrected chi connectivity index (χ0v) is 22.8. The van der Waals surface area contributed by atoms with Gasteiger partial charge in [0.1, 0.15) is 11.7 Å². The summed E-state index contributed by atoms with van der Waals surface area (Å²) in [5.41, 5.74) is 1.20. The number of anilines is 1. The third-order valence-electron chi connectivity index (χ3n) is 7.62. The smallest absolute Gasteiger partial charge is 0.270 e. The van der Waals surface area contributed by atoms with Crippen LogP contribution in [0.3, 0.4) is 0 Å². The number of aromatic nitrogens is 5. The van der Waals surface area contributed by atoms with Gasteiger partial charge in [0.05, 0.1) is 25.0 Å². The summed E-state index contributed by atoms with van der Waals surface area (Å²) in [5, 5.41) is 14.4. The molecule has 0 bridgehead atoms. The van der Waals surface area contributed by atoms with Gasteiger partial charge in [-0.1, -0.05) is 0 Å². The highest BCUT2D eigenvalue weighted by Gasteiger charge is 2.48. The minimum absolute atomic E-state index is 0.0175. The van der Waals surface area contributed by atoms with E-state index in [1.807, 2.05) is 13.8 Å². The number of alkyl halides is 2. The molecule has 2 atom stereocenters. The molecule has 3 heterocycles. The van der Waals surface area contributed by atoms with Gasteiger partial charge in [0, 0.05) is 36.6 Å². The monoisotopic (exact) mass is 555 g/mol. The van der Waals surface area contributed by atoms with Gasteiger partial charge in [-0.25, -0.2) is 13.8 Å². The highest BCUT2D eigenvalue weighted by Crippen LogP contribution is 2.51. The van der Waals surface area contributed by atoms with E-state index < -0.39 is 24.9 Å². The van der Waals surface area contributed by atoms with Crippen molar-refractivity contribution in [1.82, 2.24) is 29.9 Å². The summed E-state index contributed by atoms with van der Waals surface area (Å²) in [4.78, 5) is 31.2. The normalized spacial score (nSPS) is 16.8. The first-order valence-corrected chi connectivity index (χ1v) is 13.7. The summed E-state index contributed by atoms with van der Waals surface area (Å²) in [6.45, 7) is 3.87. The van der Waals surface area contributed by atoms with Crippen molar-refractivity contribution < 1.29 is 23.1 Å². The standard InChI is InChI=1S/C28H35F2N7O3/c1-16(2)37-21(10-12-32-37)26(38)35-25(24(17-6-7-17)18-8-9-18)27(39)34-19-14-33-36(15-19)22(13-23(29)30)20-5-4-11-31-28(20)40-3/h4-5,10-12,14-18,22-25H,6-9,13H2,1-3H3,(H,34,39)(H,35,38)/t22?,25-/m0/s1. The van der Waals surface area contributed by atoms with E-state index in [9.17, 15) is 18.4 Å². The van der Waals surface area contributed by atoms with Crippen LogP contribution in [0.2, 0.25) is 0 Å². The van der Waals surface area contributed by atoms with Crippen LogP contribution in [-0.2, 0) is 4.79 Å². The summed E-state index contributed by atoms with van der Waals surface area (Å²) in [6, 6.07) is 3.34. The molecule has 5 rings (SSSR count). The number of carbonyl (C=O) groups is 2. The number of carbonyl (C=O) groups excluding carboxylic acids is 2. The summed E-state index contributed by atoms with van der Waals surface area (Å²) >= 11 is 0. The third-order valence-corrected chi connectivity index (χ3v) is 7.62. The van der Waals surface area contributed by atoms with Crippen LogP contribution < -0.4 is 15.4 Å². The number of nitrogens with one attached hydrogen (secondary N) is 2. The molecule has 2 aliphatic carbocycles. The van der Waals surface area contributed by atoms with Gasteiger partial charge in [-0.3, -0.25) is 19.0 Å². The topological polar surface area (TPSA) is 116 Å². The lowest BCUT2D eigenvalue weighted by Gasteiger charge is -2.27. The fourth-order valence-electron chi connectivity index (χ4n) is 5.52. The SMILES string of the molecule is COc1ncccc1C(CC(F)F)n1cc(NC(=O)[C@@H](NC(=O)c2ccnn2C(C)C)C(C2CC2)C2CC2)cn1. The van der Waals surface area contributed by atoms with Crippen LogP contribution in [0.1, 0.15) is 74.1 Å². The van der Waals surface area contributed by atoms with Gasteiger partial charge in [-0.15, -0.1) is 0 Å². The van der Waals surface area contributed by atoms with Gasteiger partial charge in [0.2, 0.25) is 18.2 Å². The van der Waals surface area contributed by atoms with Gasteiger partial charge in [-0.2, -0.15) is 10.2 Å². The van der Waals surface area contributed by atoms with E-state index >= 15 is 0 Å². The van der Waals surface area contributed by atoms with Crippen LogP contribution >= 0.6 is 0 Å². The number of amides is 2. The number of rotatable bonds is 13. The number of halogens is 2. The first-order chi connectivity index (χ1) is 19.3. The van der Waals surface area contributed by atoms with E-state index in [2.05, 4.69) is 25.8 Å². The molecule has 40 heavy (non-hydrogen) atoms. The molecular weight excluding hydrogens is 520 g/mol. The minimum Gasteiger partial charge on any atom is -0.481 e. The van der Waals surface area contributed by atoms with Crippen molar-refractivity contribution >= 4 is 17.5 Å². The first kappa shape index (κ1) is 27.7. The van der Waals surface area contributed by atoms with Gasteiger partial charge in [0.15, 0.2) is 0 Å². The lowest BCUT2D eigenvalue weighted by atomic mass is 9.88. The predicted octanol–water partition coefficient (Wildman–Crippen LogP) is 4.48. The van der Waals surface area contributed by atoms with Crippen LogP contribution in [0.4, 0.5) is 14.5 Å². The second-order valence-corrected chi connectivity index (χ2v) is 10.9. The number of methoxy groups -OCH3 is 1. The van der Waals surface area contributed by atoms with E-state index in [0.717, 1.165) is 25.7 Å². The number of pyridine rings is 1. The molecule has 0 radical (unpaired) electrons. The molecule has 0 saturated heterocycles. The van der Waals surface area contributed by atoms with Crippen molar-refractivity contribution in [3.63, 3.8) is 0 Å². The molecule has 1 unspecified atom stereocenters. The van der Waals surface area contributed by atoms with Gasteiger partial charge < -0.3 is 15.4 Å². The summed E-state index contributed by atoms with van der Waals surface area (Å²) in [5.74, 6) is 0.324. The molecule has 3 aromatic heterocycles. The Balaban J connectivity index is 1.38.